The first-order valence-corrected chi connectivity index (χ1v) is 10.2. The van der Waals surface area contributed by atoms with Crippen LogP contribution in [-0.4, -0.2) is 45.3 Å². The number of thiophene rings is 1. The molecule has 0 radical (unpaired) electrons. The Bertz CT molecular complexity index is 1120. The van der Waals surface area contributed by atoms with Crippen LogP contribution in [0.1, 0.15) is 27.0 Å². The summed E-state index contributed by atoms with van der Waals surface area (Å²) >= 11 is 1.33. The van der Waals surface area contributed by atoms with Crippen LogP contribution in [-0.2, 0) is 14.3 Å². The molecule has 1 aromatic heterocycles. The second kappa shape index (κ2) is 9.94. The largest absolute Gasteiger partial charge is 0.493 e. The van der Waals surface area contributed by atoms with Gasteiger partial charge in [-0.25, -0.2) is 9.59 Å². The number of nitrogens with one attached hydrogen (secondary N) is 1. The van der Waals surface area contributed by atoms with E-state index in [1.54, 1.807) is 37.3 Å². The van der Waals surface area contributed by atoms with E-state index in [0.717, 1.165) is 10.1 Å². The lowest BCUT2D eigenvalue weighted by Crippen LogP contribution is -2.15. The molecule has 3 rings (SSSR count). The quantitative estimate of drug-likeness (QED) is 0.527. The van der Waals surface area contributed by atoms with Gasteiger partial charge < -0.3 is 24.3 Å². The van der Waals surface area contributed by atoms with Crippen LogP contribution in [0.25, 0.3) is 10.1 Å². The minimum atomic E-state index is -0.553. The number of anilines is 1. The summed E-state index contributed by atoms with van der Waals surface area (Å²) < 4.78 is 21.1. The number of ether oxygens (including phenoxy) is 4. The van der Waals surface area contributed by atoms with E-state index < -0.39 is 5.97 Å². The van der Waals surface area contributed by atoms with E-state index in [4.69, 9.17) is 14.2 Å². The highest BCUT2D eigenvalue weighted by molar-refractivity contribution is 7.20. The second-order valence-corrected chi connectivity index (χ2v) is 7.35. The zero-order valence-corrected chi connectivity index (χ0v) is 18.0. The maximum absolute atomic E-state index is 12.7. The van der Waals surface area contributed by atoms with Crippen molar-refractivity contribution in [3.8, 4) is 11.5 Å². The van der Waals surface area contributed by atoms with E-state index in [1.807, 2.05) is 6.07 Å². The van der Waals surface area contributed by atoms with E-state index in [0.29, 0.717) is 28.5 Å². The summed E-state index contributed by atoms with van der Waals surface area (Å²) in [5.74, 6) is -0.666. The number of carbonyl (C=O) groups is 3. The van der Waals surface area contributed by atoms with Gasteiger partial charge in [0, 0.05) is 16.0 Å². The molecule has 1 amide bonds. The molecule has 9 heteroatoms. The van der Waals surface area contributed by atoms with Crippen molar-refractivity contribution in [2.75, 3.05) is 32.8 Å². The Labute approximate surface area is 182 Å². The Morgan fingerprint density at radius 2 is 1.81 bits per heavy atom. The van der Waals surface area contributed by atoms with Gasteiger partial charge in [0.2, 0.25) is 0 Å². The molecule has 0 saturated heterocycles. The van der Waals surface area contributed by atoms with Gasteiger partial charge in [0.15, 0.2) is 18.1 Å². The fraction of sp³-hybridized carbons (Fsp3) is 0.227. The SMILES string of the molecule is CCOC(=O)c1cc2cc(NC(=O)c3ccc(OC)c(OCC(=O)OC)c3)ccc2s1. The van der Waals surface area contributed by atoms with Gasteiger partial charge in [-0.2, -0.15) is 0 Å². The lowest BCUT2D eigenvalue weighted by Gasteiger charge is -2.12. The maximum Gasteiger partial charge on any atom is 0.348 e. The van der Waals surface area contributed by atoms with Gasteiger partial charge in [-0.1, -0.05) is 0 Å². The Hall–Kier alpha value is -3.59. The normalized spacial score (nSPS) is 10.4. The highest BCUT2D eigenvalue weighted by Gasteiger charge is 2.15. The van der Waals surface area contributed by atoms with Gasteiger partial charge >= 0.3 is 11.9 Å². The zero-order valence-electron chi connectivity index (χ0n) is 17.2. The van der Waals surface area contributed by atoms with Crippen LogP contribution in [0.5, 0.6) is 11.5 Å². The molecule has 8 nitrogen and oxygen atoms in total. The predicted molar refractivity (Wildman–Crippen MR) is 116 cm³/mol. The molecule has 0 atom stereocenters. The van der Waals surface area contributed by atoms with Crippen LogP contribution < -0.4 is 14.8 Å². The van der Waals surface area contributed by atoms with Crippen molar-refractivity contribution in [3.63, 3.8) is 0 Å². The first-order valence-electron chi connectivity index (χ1n) is 9.35. The van der Waals surface area contributed by atoms with Crippen LogP contribution >= 0.6 is 11.3 Å². The van der Waals surface area contributed by atoms with Crippen molar-refractivity contribution in [1.82, 2.24) is 0 Å². The number of benzene rings is 2. The lowest BCUT2D eigenvalue weighted by molar-refractivity contribution is -0.142. The summed E-state index contributed by atoms with van der Waals surface area (Å²) in [5, 5.41) is 3.64. The summed E-state index contributed by atoms with van der Waals surface area (Å²) in [6.45, 7) is 1.75. The third-order valence-corrected chi connectivity index (χ3v) is 5.35. The van der Waals surface area contributed by atoms with Gasteiger partial charge in [0.1, 0.15) is 4.88 Å². The van der Waals surface area contributed by atoms with E-state index in [2.05, 4.69) is 10.1 Å². The van der Waals surface area contributed by atoms with E-state index >= 15 is 0 Å². The van der Waals surface area contributed by atoms with E-state index in [-0.39, 0.29) is 24.2 Å². The second-order valence-electron chi connectivity index (χ2n) is 6.27. The molecule has 2 aromatic carbocycles. The molecule has 0 aliphatic rings. The summed E-state index contributed by atoms with van der Waals surface area (Å²) in [6.07, 6.45) is 0. The minimum Gasteiger partial charge on any atom is -0.493 e. The molecule has 0 aliphatic heterocycles. The number of hydrogen-bond donors (Lipinski definition) is 1. The molecule has 0 unspecified atom stereocenters. The van der Waals surface area contributed by atoms with Crippen molar-refractivity contribution < 1.29 is 33.3 Å². The van der Waals surface area contributed by atoms with Crippen molar-refractivity contribution in [3.05, 3.63) is 52.9 Å². The Balaban J connectivity index is 1.78. The maximum atomic E-state index is 12.7. The molecule has 3 aromatic rings. The van der Waals surface area contributed by atoms with E-state index in [1.165, 1.54) is 31.6 Å². The molecule has 0 spiro atoms. The Morgan fingerprint density at radius 3 is 2.52 bits per heavy atom. The summed E-state index contributed by atoms with van der Waals surface area (Å²) in [7, 11) is 2.72. The number of hydrogen-bond acceptors (Lipinski definition) is 8. The fourth-order valence-corrected chi connectivity index (χ4v) is 3.69. The van der Waals surface area contributed by atoms with Crippen molar-refractivity contribution in [2.24, 2.45) is 0 Å². The number of methoxy groups -OCH3 is 2. The molecule has 0 aliphatic carbocycles. The fourth-order valence-electron chi connectivity index (χ4n) is 2.75. The Morgan fingerprint density at radius 1 is 1.00 bits per heavy atom. The topological polar surface area (TPSA) is 100 Å². The number of carbonyl (C=O) groups excluding carboxylic acids is 3. The lowest BCUT2D eigenvalue weighted by atomic mass is 10.1. The van der Waals surface area contributed by atoms with Crippen LogP contribution in [0.4, 0.5) is 5.69 Å². The summed E-state index contributed by atoms with van der Waals surface area (Å²) in [5.41, 5.74) is 0.886. The molecule has 1 N–H and O–H groups in total. The highest BCUT2D eigenvalue weighted by Crippen LogP contribution is 2.30. The molecule has 162 valence electrons. The highest BCUT2D eigenvalue weighted by atomic mass is 32.1. The first-order chi connectivity index (χ1) is 14.9. The number of esters is 2. The molecule has 0 saturated carbocycles. The molecular formula is C22H21NO7S. The Kier molecular flexibility index (Phi) is 7.09. The molecule has 31 heavy (non-hydrogen) atoms. The van der Waals surface area contributed by atoms with Gasteiger partial charge in [0.25, 0.3) is 5.91 Å². The van der Waals surface area contributed by atoms with Crippen molar-refractivity contribution in [1.29, 1.82) is 0 Å². The average molecular weight is 443 g/mol. The molecule has 0 bridgehead atoms. The zero-order chi connectivity index (χ0) is 22.4. The predicted octanol–water partition coefficient (Wildman–Crippen LogP) is 3.89. The van der Waals surface area contributed by atoms with Gasteiger partial charge in [-0.3, -0.25) is 4.79 Å². The van der Waals surface area contributed by atoms with Gasteiger partial charge in [-0.05, 0) is 54.8 Å². The van der Waals surface area contributed by atoms with Crippen LogP contribution in [0.3, 0.4) is 0 Å². The van der Waals surface area contributed by atoms with Crippen LogP contribution in [0, 0.1) is 0 Å². The average Bonchev–Trinajstić information content (AvgIpc) is 3.21. The van der Waals surface area contributed by atoms with Crippen LogP contribution in [0.15, 0.2) is 42.5 Å². The standard InChI is InChI=1S/C22H21NO7S/c1-4-29-22(26)19-11-14-9-15(6-8-18(14)31-19)23-21(25)13-5-7-16(27-2)17(10-13)30-12-20(24)28-3/h5-11H,4,12H2,1-3H3,(H,23,25). The summed E-state index contributed by atoms with van der Waals surface area (Å²) in [6, 6.07) is 11.8. The van der Waals surface area contributed by atoms with Gasteiger partial charge in [0.05, 0.1) is 20.8 Å². The van der Waals surface area contributed by atoms with Gasteiger partial charge in [-0.15, -0.1) is 11.3 Å². The number of fused-ring (bicyclic) bond motifs is 1. The molecule has 0 fully saturated rings. The third kappa shape index (κ3) is 5.32. The minimum absolute atomic E-state index is 0.243. The van der Waals surface area contributed by atoms with Crippen molar-refractivity contribution >= 4 is 45.0 Å². The third-order valence-electron chi connectivity index (χ3n) is 4.25. The van der Waals surface area contributed by atoms with Crippen molar-refractivity contribution in [2.45, 2.75) is 6.92 Å². The number of amides is 1. The number of rotatable bonds is 8. The first kappa shape index (κ1) is 22.1. The molecule has 1 heterocycles. The smallest absolute Gasteiger partial charge is 0.348 e. The summed E-state index contributed by atoms with van der Waals surface area (Å²) in [4.78, 5) is 36.5. The molecular weight excluding hydrogens is 422 g/mol. The van der Waals surface area contributed by atoms with E-state index in [9.17, 15) is 14.4 Å². The monoisotopic (exact) mass is 443 g/mol. The van der Waals surface area contributed by atoms with Crippen LogP contribution in [0.2, 0.25) is 0 Å².